The van der Waals surface area contributed by atoms with Crippen molar-refractivity contribution in [2.24, 2.45) is 7.05 Å². The zero-order valence-electron chi connectivity index (χ0n) is 10.8. The van der Waals surface area contributed by atoms with E-state index in [1.165, 1.54) is 18.4 Å². The van der Waals surface area contributed by atoms with Gasteiger partial charge in [0.15, 0.2) is 0 Å². The Bertz CT molecular complexity index is 327. The molecule has 0 saturated carbocycles. The first kappa shape index (κ1) is 13.5. The summed E-state index contributed by atoms with van der Waals surface area (Å²) < 4.78 is 1.75. The Morgan fingerprint density at radius 1 is 1.25 bits per heavy atom. The highest BCUT2D eigenvalue weighted by Gasteiger charge is 2.14. The number of nitrogens with zero attached hydrogens (tertiary/aromatic N) is 3. The Morgan fingerprint density at radius 3 is 2.19 bits per heavy atom. The molecule has 16 heavy (non-hydrogen) atoms. The van der Waals surface area contributed by atoms with E-state index in [-0.39, 0.29) is 0 Å². The zero-order chi connectivity index (χ0) is 12.1. The van der Waals surface area contributed by atoms with Gasteiger partial charge in [0.25, 0.3) is 0 Å². The summed E-state index contributed by atoms with van der Waals surface area (Å²) in [5, 5.41) is 5.11. The van der Waals surface area contributed by atoms with Gasteiger partial charge in [0, 0.05) is 19.2 Å². The maximum Gasteiger partial charge on any atom is 0.131 e. The highest BCUT2D eigenvalue weighted by molar-refractivity contribution is 6.30. The molecular formula is C12H22ClN3. The first-order valence-corrected chi connectivity index (χ1v) is 6.38. The summed E-state index contributed by atoms with van der Waals surface area (Å²) in [4.78, 5) is 2.44. The molecule has 0 aliphatic heterocycles. The van der Waals surface area contributed by atoms with Crippen molar-refractivity contribution in [3.05, 3.63) is 16.4 Å². The molecule has 0 radical (unpaired) electrons. The van der Waals surface area contributed by atoms with Crippen LogP contribution in [0.25, 0.3) is 0 Å². The molecule has 0 saturated heterocycles. The van der Waals surface area contributed by atoms with Crippen molar-refractivity contribution in [2.75, 3.05) is 13.1 Å². The van der Waals surface area contributed by atoms with Crippen molar-refractivity contribution < 1.29 is 0 Å². The molecule has 0 unspecified atom stereocenters. The molecule has 0 aromatic carbocycles. The van der Waals surface area contributed by atoms with Gasteiger partial charge in [0.05, 0.1) is 5.69 Å². The quantitative estimate of drug-likeness (QED) is 0.766. The fourth-order valence-corrected chi connectivity index (χ4v) is 2.21. The number of hydrogen-bond acceptors (Lipinski definition) is 2. The van der Waals surface area contributed by atoms with E-state index in [0.717, 1.165) is 30.5 Å². The van der Waals surface area contributed by atoms with Gasteiger partial charge in [-0.3, -0.25) is 9.58 Å². The van der Waals surface area contributed by atoms with Crippen molar-refractivity contribution in [3.8, 4) is 0 Å². The second-order valence-corrected chi connectivity index (χ2v) is 4.61. The highest BCUT2D eigenvalue weighted by Crippen LogP contribution is 2.20. The van der Waals surface area contributed by atoms with E-state index in [1.54, 1.807) is 4.68 Å². The van der Waals surface area contributed by atoms with Crippen molar-refractivity contribution in [1.29, 1.82) is 0 Å². The Balaban J connectivity index is 2.76. The van der Waals surface area contributed by atoms with Gasteiger partial charge in [-0.15, -0.1) is 0 Å². The van der Waals surface area contributed by atoms with Gasteiger partial charge in [-0.2, -0.15) is 5.10 Å². The van der Waals surface area contributed by atoms with Crippen LogP contribution in [0, 0.1) is 6.92 Å². The maximum absolute atomic E-state index is 6.23. The lowest BCUT2D eigenvalue weighted by Crippen LogP contribution is -2.25. The summed E-state index contributed by atoms with van der Waals surface area (Å²) >= 11 is 6.23. The van der Waals surface area contributed by atoms with Gasteiger partial charge in [-0.05, 0) is 32.9 Å². The smallest absolute Gasteiger partial charge is 0.131 e. The second kappa shape index (κ2) is 6.26. The van der Waals surface area contributed by atoms with Crippen molar-refractivity contribution in [1.82, 2.24) is 14.7 Å². The van der Waals surface area contributed by atoms with Crippen molar-refractivity contribution in [2.45, 2.75) is 40.2 Å². The third kappa shape index (κ3) is 3.22. The summed E-state index contributed by atoms with van der Waals surface area (Å²) in [5.74, 6) is 0. The molecule has 0 N–H and O–H groups in total. The SMILES string of the molecule is CCCN(CCC)Cc1c(C)nn(C)c1Cl. The Hall–Kier alpha value is -0.540. The van der Waals surface area contributed by atoms with Crippen LogP contribution in [0.4, 0.5) is 0 Å². The number of aryl methyl sites for hydroxylation is 2. The van der Waals surface area contributed by atoms with Crippen molar-refractivity contribution >= 4 is 11.6 Å². The molecule has 0 aliphatic carbocycles. The summed E-state index contributed by atoms with van der Waals surface area (Å²) in [7, 11) is 1.89. The standard InChI is InChI=1S/C12H22ClN3/c1-5-7-16(8-6-2)9-11-10(3)14-15(4)12(11)13/h5-9H2,1-4H3. The molecule has 0 spiro atoms. The minimum atomic E-state index is 0.773. The van der Waals surface area contributed by atoms with Gasteiger partial charge < -0.3 is 0 Å². The predicted molar refractivity (Wildman–Crippen MR) is 68.8 cm³/mol. The minimum Gasteiger partial charge on any atom is -0.299 e. The van der Waals surface area contributed by atoms with Gasteiger partial charge in [0.2, 0.25) is 0 Å². The molecular weight excluding hydrogens is 222 g/mol. The van der Waals surface area contributed by atoms with E-state index in [2.05, 4.69) is 23.8 Å². The summed E-state index contributed by atoms with van der Waals surface area (Å²) in [6.45, 7) is 9.61. The number of hydrogen-bond donors (Lipinski definition) is 0. The third-order valence-electron chi connectivity index (χ3n) is 2.73. The van der Waals surface area contributed by atoms with Crippen LogP contribution < -0.4 is 0 Å². The number of halogens is 1. The first-order chi connectivity index (χ1) is 7.60. The van der Waals surface area contributed by atoms with E-state index >= 15 is 0 Å². The molecule has 92 valence electrons. The van der Waals surface area contributed by atoms with E-state index in [4.69, 9.17) is 11.6 Å². The maximum atomic E-state index is 6.23. The topological polar surface area (TPSA) is 21.1 Å². The molecule has 1 aromatic heterocycles. The summed E-state index contributed by atoms with van der Waals surface area (Å²) in [6.07, 6.45) is 2.36. The molecule has 3 nitrogen and oxygen atoms in total. The lowest BCUT2D eigenvalue weighted by atomic mass is 10.2. The molecule has 0 atom stereocenters. The fraction of sp³-hybridized carbons (Fsp3) is 0.750. The Morgan fingerprint density at radius 2 is 1.81 bits per heavy atom. The first-order valence-electron chi connectivity index (χ1n) is 6.00. The number of aromatic nitrogens is 2. The molecule has 0 amide bonds. The van der Waals surface area contributed by atoms with Gasteiger partial charge in [0.1, 0.15) is 5.15 Å². The van der Waals surface area contributed by atoms with Crippen LogP contribution in [0.1, 0.15) is 37.9 Å². The lowest BCUT2D eigenvalue weighted by Gasteiger charge is -2.20. The molecule has 0 fully saturated rings. The third-order valence-corrected chi connectivity index (χ3v) is 3.20. The summed E-state index contributed by atoms with van der Waals surface area (Å²) in [5.41, 5.74) is 2.22. The monoisotopic (exact) mass is 243 g/mol. The van der Waals surface area contributed by atoms with Gasteiger partial charge in [-0.1, -0.05) is 25.4 Å². The molecule has 0 aliphatic rings. The molecule has 0 bridgehead atoms. The van der Waals surface area contributed by atoms with Crippen LogP contribution in [-0.2, 0) is 13.6 Å². The van der Waals surface area contributed by atoms with E-state index in [1.807, 2.05) is 14.0 Å². The largest absolute Gasteiger partial charge is 0.299 e. The lowest BCUT2D eigenvalue weighted by molar-refractivity contribution is 0.266. The minimum absolute atomic E-state index is 0.773. The average Bonchev–Trinajstić information content (AvgIpc) is 2.46. The molecule has 1 heterocycles. The normalized spacial score (nSPS) is 11.4. The fourth-order valence-electron chi connectivity index (χ4n) is 1.98. The summed E-state index contributed by atoms with van der Waals surface area (Å²) in [6, 6.07) is 0. The van der Waals surface area contributed by atoms with E-state index < -0.39 is 0 Å². The van der Waals surface area contributed by atoms with E-state index in [9.17, 15) is 0 Å². The van der Waals surface area contributed by atoms with Crippen LogP contribution >= 0.6 is 11.6 Å². The molecule has 1 aromatic rings. The van der Waals surface area contributed by atoms with Crippen LogP contribution in [0.5, 0.6) is 0 Å². The Kier molecular flexibility index (Phi) is 5.29. The average molecular weight is 244 g/mol. The zero-order valence-corrected chi connectivity index (χ0v) is 11.5. The van der Waals surface area contributed by atoms with Crippen LogP contribution in [0.3, 0.4) is 0 Å². The van der Waals surface area contributed by atoms with Crippen LogP contribution in [0.2, 0.25) is 5.15 Å². The van der Waals surface area contributed by atoms with Crippen molar-refractivity contribution in [3.63, 3.8) is 0 Å². The molecule has 4 heteroatoms. The molecule has 1 rings (SSSR count). The van der Waals surface area contributed by atoms with Gasteiger partial charge >= 0.3 is 0 Å². The number of rotatable bonds is 6. The second-order valence-electron chi connectivity index (χ2n) is 4.25. The predicted octanol–water partition coefficient (Wildman–Crippen LogP) is 3.00. The Labute approximate surface area is 103 Å². The van der Waals surface area contributed by atoms with Crippen LogP contribution in [0.15, 0.2) is 0 Å². The van der Waals surface area contributed by atoms with E-state index in [0.29, 0.717) is 0 Å². The van der Waals surface area contributed by atoms with Crippen LogP contribution in [-0.4, -0.2) is 27.8 Å². The van der Waals surface area contributed by atoms with Gasteiger partial charge in [-0.25, -0.2) is 0 Å². The highest BCUT2D eigenvalue weighted by atomic mass is 35.5.